The number of thiophene rings is 1. The van der Waals surface area contributed by atoms with Gasteiger partial charge in [0.05, 0.1) is 6.04 Å². The first-order valence-corrected chi connectivity index (χ1v) is 7.22. The molecule has 1 heterocycles. The number of nitrogens with two attached hydrogens (primary N) is 1. The summed E-state index contributed by atoms with van der Waals surface area (Å²) in [5.74, 6) is 5.37. The van der Waals surface area contributed by atoms with E-state index in [9.17, 15) is 4.39 Å². The van der Waals surface area contributed by atoms with Gasteiger partial charge in [-0.25, -0.2) is 4.39 Å². The molecule has 0 amide bonds. The summed E-state index contributed by atoms with van der Waals surface area (Å²) >= 11 is 5.09. The van der Waals surface area contributed by atoms with Crippen LogP contribution in [0.15, 0.2) is 34.1 Å². The quantitative estimate of drug-likeness (QED) is 0.663. The Morgan fingerprint density at radius 2 is 2.22 bits per heavy atom. The maximum Gasteiger partial charge on any atom is 0.123 e. The average molecular weight is 329 g/mol. The molecule has 0 aliphatic heterocycles. The van der Waals surface area contributed by atoms with E-state index in [0.29, 0.717) is 0 Å². The molecule has 96 valence electrons. The number of nitrogens with one attached hydrogen (secondary N) is 1. The Bertz CT molecular complexity index is 542. The first kappa shape index (κ1) is 13.7. The largest absolute Gasteiger partial charge is 0.271 e. The van der Waals surface area contributed by atoms with Crippen LogP contribution in [0.5, 0.6) is 0 Å². The maximum absolute atomic E-state index is 13.3. The number of hydrazine groups is 1. The molecule has 0 bridgehead atoms. The molecule has 5 heteroatoms. The number of rotatable bonds is 4. The lowest BCUT2D eigenvalue weighted by Gasteiger charge is -2.18. The Morgan fingerprint density at radius 3 is 2.83 bits per heavy atom. The molecule has 1 atom stereocenters. The van der Waals surface area contributed by atoms with Gasteiger partial charge in [-0.15, -0.1) is 11.3 Å². The van der Waals surface area contributed by atoms with Crippen molar-refractivity contribution in [3.63, 3.8) is 0 Å². The highest BCUT2D eigenvalue weighted by Gasteiger charge is 2.14. The van der Waals surface area contributed by atoms with E-state index in [1.807, 2.05) is 12.3 Å². The monoisotopic (exact) mass is 328 g/mol. The number of benzene rings is 1. The molecular formula is C13H14BrFN2S. The van der Waals surface area contributed by atoms with E-state index in [1.54, 1.807) is 23.5 Å². The number of halogens is 2. The van der Waals surface area contributed by atoms with Crippen LogP contribution in [0.3, 0.4) is 0 Å². The Labute approximate surface area is 118 Å². The van der Waals surface area contributed by atoms with Crippen molar-refractivity contribution in [3.05, 3.63) is 55.9 Å². The molecule has 2 nitrogen and oxygen atoms in total. The van der Waals surface area contributed by atoms with Crippen LogP contribution in [0.1, 0.15) is 22.0 Å². The van der Waals surface area contributed by atoms with Crippen molar-refractivity contribution < 1.29 is 4.39 Å². The van der Waals surface area contributed by atoms with Gasteiger partial charge in [0.2, 0.25) is 0 Å². The van der Waals surface area contributed by atoms with E-state index in [2.05, 4.69) is 27.4 Å². The predicted octanol–water partition coefficient (Wildman–Crippen LogP) is 3.71. The second-order valence-electron chi connectivity index (χ2n) is 4.16. The molecule has 1 aromatic heterocycles. The maximum atomic E-state index is 13.3. The summed E-state index contributed by atoms with van der Waals surface area (Å²) in [6, 6.07) is 6.77. The van der Waals surface area contributed by atoms with Crippen molar-refractivity contribution in [2.45, 2.75) is 19.4 Å². The highest BCUT2D eigenvalue weighted by atomic mass is 79.9. The van der Waals surface area contributed by atoms with E-state index >= 15 is 0 Å². The molecule has 2 rings (SSSR count). The molecule has 2 aromatic rings. The molecule has 1 unspecified atom stereocenters. The third-order valence-electron chi connectivity index (χ3n) is 2.84. The molecule has 1 aromatic carbocycles. The summed E-state index contributed by atoms with van der Waals surface area (Å²) in [5, 5.41) is 2.03. The van der Waals surface area contributed by atoms with Gasteiger partial charge in [0.25, 0.3) is 0 Å². The Kier molecular flexibility index (Phi) is 4.50. The van der Waals surface area contributed by atoms with Crippen LogP contribution in [-0.4, -0.2) is 0 Å². The zero-order valence-electron chi connectivity index (χ0n) is 9.91. The standard InChI is InChI=1S/C13H14BrFN2S/c1-8-2-3-10(15)5-12(8)13(17-16)6-11-4-9(14)7-18-11/h2-5,7,13,17H,6,16H2,1H3. The molecule has 0 spiro atoms. The molecule has 0 saturated carbocycles. The zero-order chi connectivity index (χ0) is 13.1. The van der Waals surface area contributed by atoms with Gasteiger partial charge in [0.1, 0.15) is 5.82 Å². The molecule has 0 saturated heterocycles. The van der Waals surface area contributed by atoms with E-state index in [-0.39, 0.29) is 11.9 Å². The first-order chi connectivity index (χ1) is 8.60. The molecule has 0 aliphatic rings. The normalized spacial score (nSPS) is 12.7. The molecule has 3 N–H and O–H groups in total. The molecule has 0 aliphatic carbocycles. The lowest BCUT2D eigenvalue weighted by atomic mass is 9.98. The van der Waals surface area contributed by atoms with Gasteiger partial charge in [-0.2, -0.15) is 0 Å². The topological polar surface area (TPSA) is 38.0 Å². The number of aryl methyl sites for hydroxylation is 1. The molecular weight excluding hydrogens is 315 g/mol. The smallest absolute Gasteiger partial charge is 0.123 e. The predicted molar refractivity (Wildman–Crippen MR) is 76.9 cm³/mol. The average Bonchev–Trinajstić information content (AvgIpc) is 2.75. The van der Waals surface area contributed by atoms with Crippen LogP contribution in [0.2, 0.25) is 0 Å². The van der Waals surface area contributed by atoms with Gasteiger partial charge in [0.15, 0.2) is 0 Å². The van der Waals surface area contributed by atoms with E-state index in [0.717, 1.165) is 22.0 Å². The highest BCUT2D eigenvalue weighted by molar-refractivity contribution is 9.10. The lowest BCUT2D eigenvalue weighted by molar-refractivity contribution is 0.545. The van der Waals surface area contributed by atoms with E-state index in [4.69, 9.17) is 5.84 Å². The molecule has 18 heavy (non-hydrogen) atoms. The van der Waals surface area contributed by atoms with Gasteiger partial charge in [-0.1, -0.05) is 6.07 Å². The van der Waals surface area contributed by atoms with Crippen molar-refractivity contribution in [1.82, 2.24) is 5.43 Å². The third kappa shape index (κ3) is 3.17. The van der Waals surface area contributed by atoms with Crippen molar-refractivity contribution in [2.75, 3.05) is 0 Å². The van der Waals surface area contributed by atoms with Crippen LogP contribution < -0.4 is 11.3 Å². The fourth-order valence-electron chi connectivity index (χ4n) is 1.91. The van der Waals surface area contributed by atoms with Crippen molar-refractivity contribution in [1.29, 1.82) is 0 Å². The summed E-state index contributed by atoms with van der Waals surface area (Å²) in [5.41, 5.74) is 4.71. The minimum Gasteiger partial charge on any atom is -0.271 e. The minimum absolute atomic E-state index is 0.0775. The van der Waals surface area contributed by atoms with Crippen molar-refractivity contribution in [2.24, 2.45) is 5.84 Å². The Balaban J connectivity index is 2.25. The summed E-state index contributed by atoms with van der Waals surface area (Å²) in [4.78, 5) is 1.20. The van der Waals surface area contributed by atoms with E-state index < -0.39 is 0 Å². The summed E-state index contributed by atoms with van der Waals surface area (Å²) in [7, 11) is 0. The highest BCUT2D eigenvalue weighted by Crippen LogP contribution is 2.27. The zero-order valence-corrected chi connectivity index (χ0v) is 12.3. The summed E-state index contributed by atoms with van der Waals surface area (Å²) in [6.07, 6.45) is 0.747. The molecule has 0 fully saturated rings. The SMILES string of the molecule is Cc1ccc(F)cc1C(Cc1cc(Br)cs1)NN. The third-order valence-corrected chi connectivity index (χ3v) is 4.56. The van der Waals surface area contributed by atoms with Crippen LogP contribution >= 0.6 is 27.3 Å². The van der Waals surface area contributed by atoms with Gasteiger partial charge in [-0.05, 0) is 52.2 Å². The van der Waals surface area contributed by atoms with Crippen molar-refractivity contribution in [3.8, 4) is 0 Å². The lowest BCUT2D eigenvalue weighted by Crippen LogP contribution is -2.30. The fraction of sp³-hybridized carbons (Fsp3) is 0.231. The van der Waals surface area contributed by atoms with Crippen LogP contribution in [0.4, 0.5) is 4.39 Å². The van der Waals surface area contributed by atoms with Gasteiger partial charge >= 0.3 is 0 Å². The van der Waals surface area contributed by atoms with E-state index in [1.165, 1.54) is 10.9 Å². The number of hydrogen-bond donors (Lipinski definition) is 2. The second kappa shape index (κ2) is 5.93. The van der Waals surface area contributed by atoms with Gasteiger partial charge < -0.3 is 0 Å². The molecule has 0 radical (unpaired) electrons. The van der Waals surface area contributed by atoms with Crippen molar-refractivity contribution >= 4 is 27.3 Å². The van der Waals surface area contributed by atoms with Gasteiger partial charge in [0, 0.05) is 21.2 Å². The Morgan fingerprint density at radius 1 is 1.44 bits per heavy atom. The summed E-state index contributed by atoms with van der Waals surface area (Å²) < 4.78 is 14.4. The fourth-order valence-corrected chi connectivity index (χ4v) is 3.41. The van der Waals surface area contributed by atoms with Crippen LogP contribution in [0.25, 0.3) is 0 Å². The summed E-state index contributed by atoms with van der Waals surface area (Å²) in [6.45, 7) is 1.96. The first-order valence-electron chi connectivity index (χ1n) is 5.55. The minimum atomic E-state index is -0.233. The second-order valence-corrected chi connectivity index (χ2v) is 6.07. The van der Waals surface area contributed by atoms with Crippen LogP contribution in [0, 0.1) is 12.7 Å². The van der Waals surface area contributed by atoms with Gasteiger partial charge in [-0.3, -0.25) is 11.3 Å². The van der Waals surface area contributed by atoms with Crippen LogP contribution in [-0.2, 0) is 6.42 Å². The Hall–Kier alpha value is -0.750. The number of hydrogen-bond acceptors (Lipinski definition) is 3.